The van der Waals surface area contributed by atoms with Crippen molar-refractivity contribution < 1.29 is 29.6 Å². The van der Waals surface area contributed by atoms with Gasteiger partial charge in [0, 0.05) is 24.1 Å². The number of halogens is 1. The van der Waals surface area contributed by atoms with E-state index >= 15 is 0 Å². The van der Waals surface area contributed by atoms with Gasteiger partial charge in [-0.2, -0.15) is 0 Å². The lowest BCUT2D eigenvalue weighted by Crippen LogP contribution is -2.34. The van der Waals surface area contributed by atoms with E-state index in [0.29, 0.717) is 5.02 Å². The molecule has 1 aromatic rings. The second-order valence-electron chi connectivity index (χ2n) is 4.31. The van der Waals surface area contributed by atoms with Crippen LogP contribution in [0.5, 0.6) is 5.75 Å². The highest BCUT2D eigenvalue weighted by atomic mass is 35.5. The van der Waals surface area contributed by atoms with Crippen LogP contribution in [-0.4, -0.2) is 46.5 Å². The predicted octanol–water partition coefficient (Wildman–Crippen LogP) is 0.334. The molecule has 21 heavy (non-hydrogen) atoms. The van der Waals surface area contributed by atoms with Crippen molar-refractivity contribution >= 4 is 23.5 Å². The Balaban J connectivity index is 2.88. The minimum Gasteiger partial charge on any atom is -0.481 e. The average Bonchev–Trinajstić information content (AvgIpc) is 2.41. The second-order valence-corrected chi connectivity index (χ2v) is 4.75. The van der Waals surface area contributed by atoms with E-state index in [1.165, 1.54) is 25.1 Å². The summed E-state index contributed by atoms with van der Waals surface area (Å²) in [5, 5.41) is 31.2. The van der Waals surface area contributed by atoms with Gasteiger partial charge in [-0.1, -0.05) is 17.7 Å². The van der Waals surface area contributed by atoms with Crippen LogP contribution in [-0.2, 0) is 9.59 Å². The van der Waals surface area contributed by atoms with Gasteiger partial charge in [0.1, 0.15) is 18.0 Å². The summed E-state index contributed by atoms with van der Waals surface area (Å²) >= 11 is 5.79. The number of carbonyl (C=O) groups excluding carboxylic acids is 1. The normalized spacial score (nSPS) is 13.3. The van der Waals surface area contributed by atoms with Crippen molar-refractivity contribution in [2.24, 2.45) is 0 Å². The number of benzene rings is 1. The molecule has 116 valence electrons. The van der Waals surface area contributed by atoms with E-state index in [1.54, 1.807) is 0 Å². The largest absolute Gasteiger partial charge is 0.481 e. The Labute approximate surface area is 126 Å². The maximum atomic E-state index is 10.8. The Morgan fingerprint density at radius 3 is 2.62 bits per heavy atom. The first-order valence-corrected chi connectivity index (χ1v) is 6.43. The van der Waals surface area contributed by atoms with Gasteiger partial charge >= 0.3 is 5.97 Å². The third-order valence-electron chi connectivity index (χ3n) is 2.57. The number of aliphatic hydroxyl groups is 2. The summed E-state index contributed by atoms with van der Waals surface area (Å²) in [6.45, 7) is 0.516. The molecule has 0 aliphatic rings. The molecule has 0 radical (unpaired) electrons. The molecule has 0 spiro atoms. The third kappa shape index (κ3) is 5.58. The smallest absolute Gasteiger partial charge is 0.341 e. The fourth-order valence-electron chi connectivity index (χ4n) is 1.58. The number of amides is 1. The lowest BCUT2D eigenvalue weighted by Gasteiger charge is -2.21. The van der Waals surface area contributed by atoms with Crippen LogP contribution in [0.25, 0.3) is 0 Å². The van der Waals surface area contributed by atoms with Crippen LogP contribution in [0.3, 0.4) is 0 Å². The number of hydrogen-bond donors (Lipinski definition) is 4. The topological polar surface area (TPSA) is 116 Å². The molecule has 0 aliphatic carbocycles. The molecule has 0 saturated heterocycles. The molecule has 1 aromatic carbocycles. The highest BCUT2D eigenvalue weighted by Gasteiger charge is 2.22. The van der Waals surface area contributed by atoms with E-state index in [2.05, 4.69) is 5.32 Å². The number of aliphatic hydroxyl groups excluding tert-OH is 2. The Bertz CT molecular complexity index is 521. The van der Waals surface area contributed by atoms with Gasteiger partial charge in [0.05, 0.1) is 0 Å². The molecule has 0 fully saturated rings. The number of ether oxygens (including phenoxy) is 1. The van der Waals surface area contributed by atoms with E-state index in [-0.39, 0.29) is 23.8 Å². The fraction of sp³-hybridized carbons (Fsp3) is 0.385. The number of carboxylic acid groups (broad SMARTS) is 1. The van der Waals surface area contributed by atoms with Crippen LogP contribution in [0.4, 0.5) is 0 Å². The summed E-state index contributed by atoms with van der Waals surface area (Å²) in [5.74, 6) is -1.48. The van der Waals surface area contributed by atoms with Crippen LogP contribution < -0.4 is 10.1 Å². The van der Waals surface area contributed by atoms with Gasteiger partial charge in [0.25, 0.3) is 0 Å². The van der Waals surface area contributed by atoms with Crippen LogP contribution in [0.2, 0.25) is 5.02 Å². The Morgan fingerprint density at radius 2 is 2.05 bits per heavy atom. The summed E-state index contributed by atoms with van der Waals surface area (Å²) in [4.78, 5) is 21.3. The zero-order chi connectivity index (χ0) is 16.0. The molecular weight excluding hydrogens is 302 g/mol. The van der Waals surface area contributed by atoms with E-state index in [4.69, 9.17) is 21.4 Å². The number of carboxylic acids is 1. The first kappa shape index (κ1) is 17.2. The van der Waals surface area contributed by atoms with E-state index in [9.17, 15) is 19.8 Å². The first-order chi connectivity index (χ1) is 9.81. The van der Waals surface area contributed by atoms with Crippen molar-refractivity contribution in [1.29, 1.82) is 0 Å². The highest BCUT2D eigenvalue weighted by Crippen LogP contribution is 2.30. The molecule has 8 heteroatoms. The maximum absolute atomic E-state index is 10.8. The summed E-state index contributed by atoms with van der Waals surface area (Å²) in [6, 6.07) is 4.23. The third-order valence-corrected chi connectivity index (χ3v) is 2.81. The van der Waals surface area contributed by atoms with Crippen molar-refractivity contribution in [3.8, 4) is 5.75 Å². The number of aliphatic carboxylic acids is 1. The fourth-order valence-corrected chi connectivity index (χ4v) is 1.75. The lowest BCUT2D eigenvalue weighted by molar-refractivity contribution is -0.139. The lowest BCUT2D eigenvalue weighted by atomic mass is 10.0. The molecule has 1 amide bonds. The zero-order valence-corrected chi connectivity index (χ0v) is 12.0. The van der Waals surface area contributed by atoms with Crippen molar-refractivity contribution in [2.75, 3.05) is 13.2 Å². The molecular formula is C13H16ClNO6. The monoisotopic (exact) mass is 317 g/mol. The molecule has 0 aromatic heterocycles. The number of nitrogens with one attached hydrogen (secondary N) is 1. The molecule has 0 heterocycles. The SMILES string of the molecule is CC(=O)NCC(O)C(O)c1ccc(Cl)cc1OCC(=O)O. The number of rotatable bonds is 7. The van der Waals surface area contributed by atoms with Crippen molar-refractivity contribution in [3.63, 3.8) is 0 Å². The molecule has 0 bridgehead atoms. The van der Waals surface area contributed by atoms with E-state index < -0.39 is 24.8 Å². The summed E-state index contributed by atoms with van der Waals surface area (Å²) in [7, 11) is 0. The van der Waals surface area contributed by atoms with Crippen LogP contribution >= 0.6 is 11.6 Å². The average molecular weight is 318 g/mol. The van der Waals surface area contributed by atoms with Crippen LogP contribution in [0.15, 0.2) is 18.2 Å². The van der Waals surface area contributed by atoms with Gasteiger partial charge in [0.2, 0.25) is 5.91 Å². The van der Waals surface area contributed by atoms with Crippen LogP contribution in [0.1, 0.15) is 18.6 Å². The summed E-state index contributed by atoms with van der Waals surface area (Å²) in [6.07, 6.45) is -2.64. The minimum absolute atomic E-state index is 0.0549. The first-order valence-electron chi connectivity index (χ1n) is 6.06. The molecule has 0 aliphatic heterocycles. The minimum atomic E-state index is -1.36. The van der Waals surface area contributed by atoms with Gasteiger partial charge in [-0.15, -0.1) is 0 Å². The van der Waals surface area contributed by atoms with Gasteiger partial charge in [-0.3, -0.25) is 4.79 Å². The quantitative estimate of drug-likeness (QED) is 0.576. The summed E-state index contributed by atoms with van der Waals surface area (Å²) < 4.78 is 5.03. The van der Waals surface area contributed by atoms with Gasteiger partial charge in [-0.05, 0) is 12.1 Å². The van der Waals surface area contributed by atoms with Gasteiger partial charge < -0.3 is 25.4 Å². The van der Waals surface area contributed by atoms with E-state index in [0.717, 1.165) is 0 Å². The predicted molar refractivity (Wildman–Crippen MR) is 74.2 cm³/mol. The standard InChI is InChI=1S/C13H16ClNO6/c1-7(16)15-5-10(17)13(20)9-3-2-8(14)4-11(9)21-6-12(18)19/h2-4,10,13,17,20H,5-6H2,1H3,(H,15,16)(H,18,19). The Morgan fingerprint density at radius 1 is 1.38 bits per heavy atom. The molecule has 2 unspecified atom stereocenters. The molecule has 2 atom stereocenters. The maximum Gasteiger partial charge on any atom is 0.341 e. The Hall–Kier alpha value is -1.83. The number of carbonyl (C=O) groups is 2. The molecule has 4 N–H and O–H groups in total. The second kappa shape index (κ2) is 7.82. The zero-order valence-electron chi connectivity index (χ0n) is 11.2. The molecule has 0 saturated carbocycles. The number of hydrogen-bond acceptors (Lipinski definition) is 5. The molecule has 1 rings (SSSR count). The van der Waals surface area contributed by atoms with Crippen LogP contribution in [0, 0.1) is 0 Å². The Kier molecular flexibility index (Phi) is 6.41. The summed E-state index contributed by atoms with van der Waals surface area (Å²) in [5.41, 5.74) is 0.179. The van der Waals surface area contributed by atoms with Gasteiger partial charge in [-0.25, -0.2) is 4.79 Å². The molecule has 7 nitrogen and oxygen atoms in total. The van der Waals surface area contributed by atoms with Crippen molar-refractivity contribution in [2.45, 2.75) is 19.1 Å². The van der Waals surface area contributed by atoms with Crippen molar-refractivity contribution in [3.05, 3.63) is 28.8 Å². The van der Waals surface area contributed by atoms with Gasteiger partial charge in [0.15, 0.2) is 6.61 Å². The highest BCUT2D eigenvalue weighted by molar-refractivity contribution is 6.30. The van der Waals surface area contributed by atoms with Crippen molar-refractivity contribution in [1.82, 2.24) is 5.32 Å². The van der Waals surface area contributed by atoms with E-state index in [1.807, 2.05) is 0 Å².